The Balaban J connectivity index is 1.32. The fourth-order valence-corrected chi connectivity index (χ4v) is 6.30. The van der Waals surface area contributed by atoms with E-state index in [-0.39, 0.29) is 25.2 Å². The first-order valence-corrected chi connectivity index (χ1v) is 14.5. The van der Waals surface area contributed by atoms with Gasteiger partial charge in [-0.15, -0.1) is 0 Å². The van der Waals surface area contributed by atoms with E-state index in [9.17, 15) is 29.6 Å². The van der Waals surface area contributed by atoms with Crippen molar-refractivity contribution in [2.24, 2.45) is 11.8 Å². The number of para-hydroxylation sites is 2. The maximum absolute atomic E-state index is 14.0. The number of rotatable bonds is 11. The molecule has 0 spiro atoms. The van der Waals surface area contributed by atoms with Gasteiger partial charge in [-0.25, -0.2) is 0 Å². The molecule has 0 aliphatic carbocycles. The van der Waals surface area contributed by atoms with E-state index in [0.717, 1.165) is 10.6 Å². The van der Waals surface area contributed by atoms with Crippen LogP contribution < -0.4 is 15.4 Å². The SMILES string of the molecule is O=C1C2C(c3ccc(Oc4ccccc4)cc3)NC(Cc3ccc([N+](=O)[O-])cc3)(C(=O)O)C2C(=O)N1CCNc1ccccc1. The van der Waals surface area contributed by atoms with Gasteiger partial charge in [0.25, 0.3) is 5.69 Å². The van der Waals surface area contributed by atoms with Gasteiger partial charge in [-0.05, 0) is 47.5 Å². The Labute approximate surface area is 258 Å². The quantitative estimate of drug-likeness (QED) is 0.124. The highest BCUT2D eigenvalue weighted by molar-refractivity contribution is 6.09. The molecule has 11 nitrogen and oxygen atoms in total. The Hall–Kier alpha value is -5.55. The van der Waals surface area contributed by atoms with E-state index < -0.39 is 46.1 Å². The predicted molar refractivity (Wildman–Crippen MR) is 165 cm³/mol. The van der Waals surface area contributed by atoms with Crippen molar-refractivity contribution in [3.8, 4) is 11.5 Å². The summed E-state index contributed by atoms with van der Waals surface area (Å²) < 4.78 is 5.90. The number of nitro groups is 1. The molecule has 0 bridgehead atoms. The van der Waals surface area contributed by atoms with Gasteiger partial charge in [0.05, 0.1) is 16.8 Å². The van der Waals surface area contributed by atoms with Crippen molar-refractivity contribution in [1.82, 2.24) is 10.2 Å². The molecule has 3 N–H and O–H groups in total. The van der Waals surface area contributed by atoms with Gasteiger partial charge in [-0.2, -0.15) is 0 Å². The summed E-state index contributed by atoms with van der Waals surface area (Å²) in [5.74, 6) is -3.29. The fraction of sp³-hybridized carbons (Fsp3) is 0.206. The summed E-state index contributed by atoms with van der Waals surface area (Å²) in [7, 11) is 0. The lowest BCUT2D eigenvalue weighted by Crippen LogP contribution is -2.57. The third-order valence-electron chi connectivity index (χ3n) is 8.41. The van der Waals surface area contributed by atoms with Crippen molar-refractivity contribution in [3.63, 3.8) is 0 Å². The maximum atomic E-state index is 14.0. The number of nitrogens with one attached hydrogen (secondary N) is 2. The van der Waals surface area contributed by atoms with E-state index >= 15 is 0 Å². The molecule has 0 saturated carbocycles. The average Bonchev–Trinajstić information content (AvgIpc) is 3.52. The number of carbonyl (C=O) groups excluding carboxylic acids is 2. The monoisotopic (exact) mass is 606 g/mol. The van der Waals surface area contributed by atoms with Gasteiger partial charge < -0.3 is 15.2 Å². The third kappa shape index (κ3) is 5.73. The van der Waals surface area contributed by atoms with Gasteiger partial charge in [-0.1, -0.05) is 60.7 Å². The number of carboxylic acids is 1. The van der Waals surface area contributed by atoms with Crippen molar-refractivity contribution < 1.29 is 29.2 Å². The first-order chi connectivity index (χ1) is 21.8. The van der Waals surface area contributed by atoms with Gasteiger partial charge in [0, 0.05) is 43.4 Å². The van der Waals surface area contributed by atoms with E-state index in [4.69, 9.17) is 4.74 Å². The molecule has 228 valence electrons. The lowest BCUT2D eigenvalue weighted by molar-refractivity contribution is -0.384. The molecular formula is C34H30N4O7. The Morgan fingerprint density at radius 2 is 1.51 bits per heavy atom. The predicted octanol–water partition coefficient (Wildman–Crippen LogP) is 4.81. The van der Waals surface area contributed by atoms with Crippen LogP contribution in [0.5, 0.6) is 11.5 Å². The summed E-state index contributed by atoms with van der Waals surface area (Å²) >= 11 is 0. The molecule has 4 aromatic rings. The van der Waals surface area contributed by atoms with Crippen molar-refractivity contribution in [2.45, 2.75) is 18.0 Å². The number of carbonyl (C=O) groups is 3. The van der Waals surface area contributed by atoms with E-state index in [0.29, 0.717) is 22.6 Å². The summed E-state index contributed by atoms with van der Waals surface area (Å²) in [4.78, 5) is 52.9. The normalized spacial score (nSPS) is 22.2. The fourth-order valence-electron chi connectivity index (χ4n) is 6.30. The van der Waals surface area contributed by atoms with Gasteiger partial charge in [0.15, 0.2) is 0 Å². The summed E-state index contributed by atoms with van der Waals surface area (Å²) in [6.45, 7) is 0.344. The van der Waals surface area contributed by atoms with Crippen LogP contribution in [0.25, 0.3) is 0 Å². The molecule has 2 fully saturated rings. The van der Waals surface area contributed by atoms with Gasteiger partial charge >= 0.3 is 5.97 Å². The van der Waals surface area contributed by atoms with Crippen LogP contribution in [0, 0.1) is 22.0 Å². The van der Waals surface area contributed by atoms with Crippen LogP contribution in [0.2, 0.25) is 0 Å². The minimum atomic E-state index is -1.85. The minimum Gasteiger partial charge on any atom is -0.480 e. The number of anilines is 1. The number of benzene rings is 4. The molecular weight excluding hydrogens is 576 g/mol. The van der Waals surface area contributed by atoms with Crippen LogP contribution in [0.3, 0.4) is 0 Å². The van der Waals surface area contributed by atoms with Crippen LogP contribution in [-0.2, 0) is 20.8 Å². The Kier molecular flexibility index (Phi) is 8.01. The highest BCUT2D eigenvalue weighted by atomic mass is 16.6. The topological polar surface area (TPSA) is 151 Å². The zero-order valence-electron chi connectivity index (χ0n) is 24.0. The van der Waals surface area contributed by atoms with Crippen molar-refractivity contribution in [2.75, 3.05) is 18.4 Å². The largest absolute Gasteiger partial charge is 0.480 e. The number of hydrogen-bond donors (Lipinski definition) is 3. The Morgan fingerprint density at radius 3 is 2.13 bits per heavy atom. The average molecular weight is 607 g/mol. The van der Waals surface area contributed by atoms with E-state index in [2.05, 4.69) is 10.6 Å². The van der Waals surface area contributed by atoms with Crippen molar-refractivity contribution in [3.05, 3.63) is 130 Å². The molecule has 0 radical (unpaired) electrons. The molecule has 45 heavy (non-hydrogen) atoms. The summed E-state index contributed by atoms with van der Waals surface area (Å²) in [5, 5.41) is 28.3. The third-order valence-corrected chi connectivity index (χ3v) is 8.41. The standard InChI is InChI=1S/C34H30N4O7/c39-31-28-29(32(40)37(31)20-19-35-24-7-3-1-4-8-24)34(33(41)42,21-22-11-15-25(16-12-22)38(43)44)36-30(28)23-13-17-27(18-14-23)45-26-9-5-2-6-10-26/h1-18,28-30,35-36H,19-21H2,(H,41,42). The molecule has 2 heterocycles. The summed E-state index contributed by atoms with van der Waals surface area (Å²) in [6, 6.07) is 30.3. The molecule has 4 aromatic carbocycles. The van der Waals surface area contributed by atoms with Crippen LogP contribution in [0.4, 0.5) is 11.4 Å². The molecule has 2 aliphatic rings. The second kappa shape index (κ2) is 12.2. The maximum Gasteiger partial charge on any atom is 0.325 e. The first kappa shape index (κ1) is 29.5. The zero-order chi connectivity index (χ0) is 31.6. The number of non-ortho nitro benzene ring substituents is 1. The van der Waals surface area contributed by atoms with Gasteiger partial charge in [-0.3, -0.25) is 34.7 Å². The molecule has 2 aliphatic heterocycles. The second-order valence-corrected chi connectivity index (χ2v) is 11.1. The van der Waals surface area contributed by atoms with Crippen LogP contribution in [-0.4, -0.2) is 51.3 Å². The molecule has 2 saturated heterocycles. The molecule has 0 aromatic heterocycles. The molecule has 4 atom stereocenters. The van der Waals surface area contributed by atoms with Crippen LogP contribution in [0.15, 0.2) is 109 Å². The molecule has 6 rings (SSSR count). The number of amides is 2. The van der Waals surface area contributed by atoms with Crippen molar-refractivity contribution >= 4 is 29.2 Å². The smallest absolute Gasteiger partial charge is 0.325 e. The van der Waals surface area contributed by atoms with E-state index in [1.807, 2.05) is 60.7 Å². The molecule has 2 amide bonds. The van der Waals surface area contributed by atoms with E-state index in [1.165, 1.54) is 24.3 Å². The molecule has 4 unspecified atom stereocenters. The highest BCUT2D eigenvalue weighted by Gasteiger charge is 2.68. The number of carboxylic acid groups (broad SMARTS) is 1. The van der Waals surface area contributed by atoms with Gasteiger partial charge in [0.2, 0.25) is 11.8 Å². The lowest BCUT2D eigenvalue weighted by Gasteiger charge is -2.31. The first-order valence-electron chi connectivity index (χ1n) is 14.5. The number of aliphatic carboxylic acids is 1. The number of nitro benzene ring substituents is 1. The number of hydrogen-bond acceptors (Lipinski definition) is 8. The lowest BCUT2D eigenvalue weighted by atomic mass is 9.76. The number of nitrogens with zero attached hydrogens (tertiary/aromatic N) is 2. The number of likely N-dealkylation sites (tertiary alicyclic amines) is 1. The van der Waals surface area contributed by atoms with Crippen LogP contribution >= 0.6 is 0 Å². The Bertz CT molecular complexity index is 1720. The van der Waals surface area contributed by atoms with E-state index in [1.54, 1.807) is 24.3 Å². The minimum absolute atomic E-state index is 0.0589. The second-order valence-electron chi connectivity index (χ2n) is 11.1. The summed E-state index contributed by atoms with van der Waals surface area (Å²) in [6.07, 6.45) is -0.164. The number of ether oxygens (including phenoxy) is 1. The Morgan fingerprint density at radius 1 is 0.889 bits per heavy atom. The zero-order valence-corrected chi connectivity index (χ0v) is 24.0. The number of fused-ring (bicyclic) bond motifs is 1. The number of imide groups is 1. The van der Waals surface area contributed by atoms with Gasteiger partial charge in [0.1, 0.15) is 17.0 Å². The molecule has 11 heteroatoms. The summed E-state index contributed by atoms with van der Waals surface area (Å²) in [5.41, 5.74) is -0.0555. The highest BCUT2D eigenvalue weighted by Crippen LogP contribution is 2.50. The van der Waals surface area contributed by atoms with Crippen LogP contribution in [0.1, 0.15) is 17.2 Å². The van der Waals surface area contributed by atoms with Crippen molar-refractivity contribution in [1.29, 1.82) is 0 Å².